The summed E-state index contributed by atoms with van der Waals surface area (Å²) in [4.78, 5) is 11.6. The molecule has 0 spiro atoms. The number of carbonyl (C=O) groups excluding carboxylic acids is 1. The summed E-state index contributed by atoms with van der Waals surface area (Å²) in [7, 11) is 1.45. The molecule has 19 heavy (non-hydrogen) atoms. The summed E-state index contributed by atoms with van der Waals surface area (Å²) in [5, 5.41) is 4.45. The Balaban J connectivity index is 1.90. The predicted octanol–water partition coefficient (Wildman–Crippen LogP) is 2.15. The molecule has 1 aromatic carbocycles. The van der Waals surface area contributed by atoms with Crippen LogP contribution in [0.5, 0.6) is 0 Å². The van der Waals surface area contributed by atoms with Gasteiger partial charge in [-0.1, -0.05) is 18.2 Å². The topological polar surface area (TPSA) is 44.1 Å². The highest BCUT2D eigenvalue weighted by molar-refractivity contribution is 5.73. The van der Waals surface area contributed by atoms with Crippen LogP contribution >= 0.6 is 0 Å². The summed E-state index contributed by atoms with van der Waals surface area (Å²) in [6.07, 6.45) is 4.30. The molecule has 0 unspecified atom stereocenters. The predicted molar refractivity (Wildman–Crippen MR) is 71.1 cm³/mol. The number of aromatic nitrogens is 2. The van der Waals surface area contributed by atoms with Gasteiger partial charge in [0.05, 0.1) is 24.9 Å². The first kappa shape index (κ1) is 12.0. The smallest absolute Gasteiger partial charge is 0.309 e. The van der Waals surface area contributed by atoms with Gasteiger partial charge in [-0.05, 0) is 37.0 Å². The number of carbonyl (C=O) groups is 1. The molecule has 0 bridgehead atoms. The van der Waals surface area contributed by atoms with E-state index in [9.17, 15) is 4.79 Å². The molecule has 4 heteroatoms. The van der Waals surface area contributed by atoms with Crippen molar-refractivity contribution in [3.8, 4) is 5.69 Å². The lowest BCUT2D eigenvalue weighted by Gasteiger charge is -2.20. The number of methoxy groups -OCH3 is 1. The lowest BCUT2D eigenvalue weighted by Crippen LogP contribution is -2.24. The number of ether oxygens (including phenoxy) is 1. The Morgan fingerprint density at radius 2 is 2.16 bits per heavy atom. The van der Waals surface area contributed by atoms with Crippen molar-refractivity contribution in [2.24, 2.45) is 5.92 Å². The van der Waals surface area contributed by atoms with Crippen LogP contribution in [0.15, 0.2) is 36.5 Å². The van der Waals surface area contributed by atoms with E-state index in [2.05, 4.69) is 5.10 Å². The molecule has 0 radical (unpaired) electrons. The summed E-state index contributed by atoms with van der Waals surface area (Å²) < 4.78 is 6.81. The maximum Gasteiger partial charge on any atom is 0.309 e. The first-order valence-corrected chi connectivity index (χ1v) is 6.48. The molecule has 2 aromatic rings. The number of nitrogens with zero attached hydrogens (tertiary/aromatic N) is 2. The van der Waals surface area contributed by atoms with Crippen LogP contribution in [0.3, 0.4) is 0 Å². The van der Waals surface area contributed by atoms with Gasteiger partial charge in [0.25, 0.3) is 0 Å². The molecular weight excluding hydrogens is 240 g/mol. The van der Waals surface area contributed by atoms with Gasteiger partial charge in [0.1, 0.15) is 0 Å². The second-order valence-electron chi connectivity index (χ2n) is 4.83. The molecule has 1 atom stereocenters. The fraction of sp³-hybridized carbons (Fsp3) is 0.333. The van der Waals surface area contributed by atoms with E-state index in [1.54, 1.807) is 0 Å². The van der Waals surface area contributed by atoms with E-state index in [1.165, 1.54) is 12.8 Å². The second kappa shape index (κ2) is 4.88. The van der Waals surface area contributed by atoms with Crippen LogP contribution in [0, 0.1) is 5.92 Å². The number of benzene rings is 1. The van der Waals surface area contributed by atoms with Crippen LogP contribution < -0.4 is 0 Å². The Morgan fingerprint density at radius 1 is 1.37 bits per heavy atom. The minimum Gasteiger partial charge on any atom is -0.469 e. The zero-order valence-electron chi connectivity index (χ0n) is 10.9. The lowest BCUT2D eigenvalue weighted by molar-refractivity contribution is -0.145. The number of esters is 1. The highest BCUT2D eigenvalue weighted by Crippen LogP contribution is 2.27. The Morgan fingerprint density at radius 3 is 2.89 bits per heavy atom. The summed E-state index contributed by atoms with van der Waals surface area (Å²) in [6, 6.07) is 10.1. The summed E-state index contributed by atoms with van der Waals surface area (Å²) >= 11 is 0. The third-order valence-electron chi connectivity index (χ3n) is 3.69. The van der Waals surface area contributed by atoms with Gasteiger partial charge in [0.2, 0.25) is 0 Å². The fourth-order valence-electron chi connectivity index (χ4n) is 2.68. The Bertz CT molecular complexity index is 589. The third kappa shape index (κ3) is 2.14. The van der Waals surface area contributed by atoms with Gasteiger partial charge in [-0.3, -0.25) is 4.79 Å². The van der Waals surface area contributed by atoms with Crippen molar-refractivity contribution in [2.75, 3.05) is 7.11 Å². The Kier molecular flexibility index (Phi) is 3.07. The number of para-hydroxylation sites is 1. The van der Waals surface area contributed by atoms with Crippen LogP contribution in [-0.4, -0.2) is 22.9 Å². The van der Waals surface area contributed by atoms with E-state index >= 15 is 0 Å². The second-order valence-corrected chi connectivity index (χ2v) is 4.83. The van der Waals surface area contributed by atoms with Crippen molar-refractivity contribution in [1.29, 1.82) is 0 Å². The van der Waals surface area contributed by atoms with Crippen LogP contribution in [0.25, 0.3) is 5.69 Å². The fourth-order valence-corrected chi connectivity index (χ4v) is 2.68. The van der Waals surface area contributed by atoms with E-state index in [0.717, 1.165) is 30.5 Å². The number of hydrogen-bond acceptors (Lipinski definition) is 3. The van der Waals surface area contributed by atoms with Crippen LogP contribution in [0.4, 0.5) is 0 Å². The molecule has 1 aromatic heterocycles. The summed E-state index contributed by atoms with van der Waals surface area (Å²) in [5.41, 5.74) is 3.44. The molecular formula is C15H16N2O2. The highest BCUT2D eigenvalue weighted by atomic mass is 16.5. The van der Waals surface area contributed by atoms with Gasteiger partial charge >= 0.3 is 5.97 Å². The van der Waals surface area contributed by atoms with Gasteiger partial charge in [-0.2, -0.15) is 5.10 Å². The molecule has 1 aliphatic carbocycles. The van der Waals surface area contributed by atoms with Crippen molar-refractivity contribution in [3.05, 3.63) is 47.8 Å². The largest absolute Gasteiger partial charge is 0.469 e. The summed E-state index contributed by atoms with van der Waals surface area (Å²) in [5.74, 6) is -0.135. The highest BCUT2D eigenvalue weighted by Gasteiger charge is 2.28. The van der Waals surface area contributed by atoms with Gasteiger partial charge in [0.15, 0.2) is 0 Å². The van der Waals surface area contributed by atoms with Gasteiger partial charge < -0.3 is 4.74 Å². The van der Waals surface area contributed by atoms with E-state index < -0.39 is 0 Å². The number of hydrogen-bond donors (Lipinski definition) is 0. The maximum atomic E-state index is 11.6. The quantitative estimate of drug-likeness (QED) is 0.773. The van der Waals surface area contributed by atoms with E-state index in [0.29, 0.717) is 0 Å². The van der Waals surface area contributed by atoms with Gasteiger partial charge in [-0.15, -0.1) is 0 Å². The lowest BCUT2D eigenvalue weighted by atomic mass is 9.88. The molecule has 0 saturated heterocycles. The Hall–Kier alpha value is -2.10. The minimum absolute atomic E-state index is 0.0223. The van der Waals surface area contributed by atoms with Crippen LogP contribution in [-0.2, 0) is 22.4 Å². The van der Waals surface area contributed by atoms with E-state index in [-0.39, 0.29) is 11.9 Å². The van der Waals surface area contributed by atoms with Gasteiger partial charge in [-0.25, -0.2) is 4.68 Å². The first-order chi connectivity index (χ1) is 9.29. The van der Waals surface area contributed by atoms with Crippen molar-refractivity contribution in [3.63, 3.8) is 0 Å². The maximum absolute atomic E-state index is 11.6. The first-order valence-electron chi connectivity index (χ1n) is 6.48. The van der Waals surface area contributed by atoms with E-state index in [1.807, 2.05) is 41.2 Å². The van der Waals surface area contributed by atoms with Crippen molar-refractivity contribution < 1.29 is 9.53 Å². The average Bonchev–Trinajstić information content (AvgIpc) is 2.90. The zero-order valence-corrected chi connectivity index (χ0v) is 10.9. The number of fused-ring (bicyclic) bond motifs is 1. The minimum atomic E-state index is -0.113. The molecule has 0 N–H and O–H groups in total. The molecule has 1 heterocycles. The summed E-state index contributed by atoms with van der Waals surface area (Å²) in [6.45, 7) is 0. The van der Waals surface area contributed by atoms with Crippen molar-refractivity contribution in [2.45, 2.75) is 19.3 Å². The molecule has 98 valence electrons. The number of rotatable bonds is 2. The molecule has 0 aliphatic heterocycles. The Labute approximate surface area is 112 Å². The molecule has 0 amide bonds. The molecule has 3 rings (SSSR count). The molecule has 0 saturated carbocycles. The standard InChI is InChI=1S/C15H16N2O2/c1-19-15(18)11-7-8-14-12(9-11)10-16-17(14)13-5-3-2-4-6-13/h2-6,10-11H,7-9H2,1H3/t11-/m0/s1. The zero-order chi connectivity index (χ0) is 13.2. The van der Waals surface area contributed by atoms with Crippen LogP contribution in [0.1, 0.15) is 17.7 Å². The van der Waals surface area contributed by atoms with Crippen molar-refractivity contribution in [1.82, 2.24) is 9.78 Å². The normalized spacial score (nSPS) is 17.8. The van der Waals surface area contributed by atoms with Gasteiger partial charge in [0, 0.05) is 5.69 Å². The molecule has 0 fully saturated rings. The monoisotopic (exact) mass is 256 g/mol. The van der Waals surface area contributed by atoms with E-state index in [4.69, 9.17) is 4.74 Å². The SMILES string of the molecule is COC(=O)[C@H]1CCc2c(cnn2-c2ccccc2)C1. The molecule has 4 nitrogen and oxygen atoms in total. The van der Waals surface area contributed by atoms with Crippen LogP contribution in [0.2, 0.25) is 0 Å². The average molecular weight is 256 g/mol. The molecule has 1 aliphatic rings. The van der Waals surface area contributed by atoms with Crippen molar-refractivity contribution >= 4 is 5.97 Å². The third-order valence-corrected chi connectivity index (χ3v) is 3.69.